The number of aromatic nitrogens is 6. The number of aliphatic carboxylic acids is 1. The minimum absolute atomic E-state index is 0.00788. The molecule has 29 nitrogen and oxygen atoms in total. The predicted molar refractivity (Wildman–Crippen MR) is 251 cm³/mol. The van der Waals surface area contributed by atoms with Crippen LogP contribution in [0.25, 0.3) is 16.1 Å². The van der Waals surface area contributed by atoms with Crippen LogP contribution in [0.5, 0.6) is 0 Å². The molecule has 6 heterocycles. The number of nitrogen functional groups attached to an aromatic ring is 1. The second-order valence-corrected chi connectivity index (χ2v) is 24.0. The van der Waals surface area contributed by atoms with Gasteiger partial charge in [-0.15, -0.1) is 23.1 Å². The summed E-state index contributed by atoms with van der Waals surface area (Å²) in [6.07, 6.45) is -1.16. The van der Waals surface area contributed by atoms with Crippen LogP contribution in [0.3, 0.4) is 0 Å². The molecule has 0 aromatic carbocycles. The quantitative estimate of drug-likeness (QED) is 0.0383. The van der Waals surface area contributed by atoms with Gasteiger partial charge in [-0.3, -0.25) is 41.9 Å². The maximum absolute atomic E-state index is 13.0. The molecule has 8 atom stereocenters. The molecular formula is C36H47N10O19P3S3. The molecule has 0 saturated carbocycles. The summed E-state index contributed by atoms with van der Waals surface area (Å²) < 4.78 is 64.5. The fourth-order valence-electron chi connectivity index (χ4n) is 7.33. The zero-order valence-corrected chi connectivity index (χ0v) is 42.3. The highest BCUT2D eigenvalue weighted by Crippen LogP contribution is 2.61. The number of aryl methyl sites for hydroxylation is 2. The van der Waals surface area contributed by atoms with Gasteiger partial charge in [-0.2, -0.15) is 4.31 Å². The number of thioether (sulfide) groups is 2. The number of ether oxygens (including phenoxy) is 1. The fourth-order valence-corrected chi connectivity index (χ4v) is 13.3. The number of anilines is 1. The number of phosphoric acid groups is 3. The number of thiazole rings is 1. The van der Waals surface area contributed by atoms with E-state index in [2.05, 4.69) is 39.4 Å². The van der Waals surface area contributed by atoms with Crippen LogP contribution < -0.4 is 16.4 Å². The van der Waals surface area contributed by atoms with Gasteiger partial charge < -0.3 is 56.0 Å². The van der Waals surface area contributed by atoms with E-state index in [1.54, 1.807) is 11.3 Å². The molecule has 1 fully saturated rings. The van der Waals surface area contributed by atoms with Crippen molar-refractivity contribution in [3.63, 3.8) is 0 Å². The van der Waals surface area contributed by atoms with Gasteiger partial charge in [-0.1, -0.05) is 25.6 Å². The minimum Gasteiger partial charge on any atom is -0.478 e. The number of nitrogens with two attached hydrogens (primary N) is 1. The Kier molecular flexibility index (Phi) is 17.1. The Bertz CT molecular complexity index is 2910. The second-order valence-electron chi connectivity index (χ2n) is 16.5. The zero-order valence-electron chi connectivity index (χ0n) is 37.1. The number of hydrogen-bond donors (Lipinski definition) is 10. The standard InChI is InChI=1S/C36H47N10O19P3S3/c1-36(2,14-62-68(59,60)65-67(57,58)61-12-21-26(64-66(54,55)56)25(48)32(63-21)46-16-43-24-29(37)41-15-42-30(24)46)28(49)31(50)39-7-6-23(47)38-8-9-69-34(53)19-13-70-27(17(10-40-19)33(51)52)18-11-45-20-4-3-5-22(20)71-35(45)44-18/h10-11,15-16,21,25-28,32,48-49H,3-9,12-14H2,1-2H3,(H,38,47)(H,39,50)(H,51,52)(H,57,58)(H,59,60)(H2,37,41,42)(H2,54,55,56). The lowest BCUT2D eigenvalue weighted by atomic mass is 9.87. The van der Waals surface area contributed by atoms with Gasteiger partial charge in [0.2, 0.25) is 16.9 Å². The van der Waals surface area contributed by atoms with Crippen LogP contribution in [0.4, 0.5) is 5.82 Å². The summed E-state index contributed by atoms with van der Waals surface area (Å²) in [5.41, 5.74) is 6.08. The van der Waals surface area contributed by atoms with Crippen molar-refractivity contribution in [1.82, 2.24) is 39.5 Å². The lowest BCUT2D eigenvalue weighted by Crippen LogP contribution is -2.46. The molecule has 2 amide bonds. The Hall–Kier alpha value is -4.04. The van der Waals surface area contributed by atoms with E-state index in [0.29, 0.717) is 5.69 Å². The third-order valence-corrected chi connectivity index (χ3v) is 17.3. The van der Waals surface area contributed by atoms with Gasteiger partial charge in [0.1, 0.15) is 42.0 Å². The number of aliphatic hydroxyl groups excluding tert-OH is 2. The van der Waals surface area contributed by atoms with Crippen molar-refractivity contribution in [1.29, 1.82) is 0 Å². The van der Waals surface area contributed by atoms with Crippen LogP contribution in [0.1, 0.15) is 54.4 Å². The third kappa shape index (κ3) is 13.4. The summed E-state index contributed by atoms with van der Waals surface area (Å²) >= 11 is 3.69. The van der Waals surface area contributed by atoms with Crippen LogP contribution in [-0.4, -0.2) is 155 Å². The maximum atomic E-state index is 13.0. The summed E-state index contributed by atoms with van der Waals surface area (Å²) in [7, 11) is -16.5. The number of fused-ring (bicyclic) bond motifs is 4. The number of nitrogens with one attached hydrogen (secondary N) is 2. The van der Waals surface area contributed by atoms with Crippen molar-refractivity contribution in [3.8, 4) is 0 Å². The number of nitrogens with zero attached hydrogens (tertiary/aromatic N) is 7. The van der Waals surface area contributed by atoms with Crippen LogP contribution in [0, 0.1) is 5.41 Å². The van der Waals surface area contributed by atoms with Gasteiger partial charge in [0, 0.05) is 59.4 Å². The van der Waals surface area contributed by atoms with E-state index in [4.69, 9.17) is 24.5 Å². The van der Waals surface area contributed by atoms with E-state index < -0.39 is 101 Å². The SMILES string of the molecule is CC(C)(COP(=O)(O)OP(=O)(O)OCC1OC(n2cnc3c(N)ncnc32)C(O)C1OP(=O)(O)O)C(O)C(=O)NCCC(=O)NCCSC(=O)C1=NC=C(C(=O)O)C(c2cn3c4c(sc3n2)CCC4)SC1. The number of carboxylic acid groups (broad SMARTS) is 1. The van der Waals surface area contributed by atoms with E-state index in [1.165, 1.54) is 42.4 Å². The molecule has 3 aliphatic rings. The molecule has 71 heavy (non-hydrogen) atoms. The molecule has 4 aromatic rings. The summed E-state index contributed by atoms with van der Waals surface area (Å²) in [5, 5.41) is 35.5. The summed E-state index contributed by atoms with van der Waals surface area (Å²) in [6.45, 7) is 0.148. The molecular weight excluding hydrogens is 1070 g/mol. The van der Waals surface area contributed by atoms with Gasteiger partial charge in [0.05, 0.1) is 36.1 Å². The highest BCUT2D eigenvalue weighted by molar-refractivity contribution is 8.15. The van der Waals surface area contributed by atoms with E-state index >= 15 is 0 Å². The molecule has 0 bridgehead atoms. The largest absolute Gasteiger partial charge is 0.481 e. The van der Waals surface area contributed by atoms with Crippen LogP contribution in [0.15, 0.2) is 35.6 Å². The number of phosphoric ester groups is 3. The van der Waals surface area contributed by atoms with Crippen molar-refractivity contribution >= 4 is 109 Å². The molecule has 11 N–H and O–H groups in total. The lowest BCUT2D eigenvalue weighted by molar-refractivity contribution is -0.137. The Morgan fingerprint density at radius 2 is 1.80 bits per heavy atom. The molecule has 0 radical (unpaired) electrons. The van der Waals surface area contributed by atoms with E-state index in [-0.39, 0.29) is 59.3 Å². The monoisotopic (exact) mass is 1110 g/mol. The zero-order chi connectivity index (χ0) is 51.6. The normalized spacial score (nSPS) is 22.8. The van der Waals surface area contributed by atoms with Gasteiger partial charge in [0.25, 0.3) is 0 Å². The van der Waals surface area contributed by atoms with Crippen LogP contribution in [-0.2, 0) is 68.3 Å². The first-order chi connectivity index (χ1) is 33.3. The molecule has 8 unspecified atom stereocenters. The third-order valence-electron chi connectivity index (χ3n) is 10.9. The number of amides is 2. The van der Waals surface area contributed by atoms with Gasteiger partial charge >= 0.3 is 29.4 Å². The molecule has 0 spiro atoms. The molecule has 4 aromatic heterocycles. The number of carbonyl (C=O) groups excluding carboxylic acids is 3. The minimum atomic E-state index is -5.62. The molecule has 388 valence electrons. The van der Waals surface area contributed by atoms with Crippen molar-refractivity contribution in [2.75, 3.05) is 43.5 Å². The number of aliphatic imine (C=N–C) groups is 1. The Morgan fingerprint density at radius 3 is 2.54 bits per heavy atom. The van der Waals surface area contributed by atoms with Crippen molar-refractivity contribution in [2.24, 2.45) is 10.4 Å². The number of aliphatic hydroxyl groups is 2. The van der Waals surface area contributed by atoms with E-state index in [0.717, 1.165) is 53.2 Å². The summed E-state index contributed by atoms with van der Waals surface area (Å²) in [6, 6.07) is 0. The second kappa shape index (κ2) is 22.2. The molecule has 2 aliphatic heterocycles. The van der Waals surface area contributed by atoms with Crippen molar-refractivity contribution in [2.45, 2.75) is 75.4 Å². The average Bonchev–Trinajstić information content (AvgIpc) is 4.10. The molecule has 7 rings (SSSR count). The number of carboxylic acids is 1. The number of hydrogen-bond acceptors (Lipinski definition) is 23. The summed E-state index contributed by atoms with van der Waals surface area (Å²) in [5.74, 6) is -2.53. The fraction of sp³-hybridized carbons (Fsp3) is 0.528. The highest BCUT2D eigenvalue weighted by atomic mass is 32.2. The first-order valence-electron chi connectivity index (χ1n) is 21.0. The van der Waals surface area contributed by atoms with Crippen molar-refractivity contribution in [3.05, 3.63) is 46.9 Å². The smallest absolute Gasteiger partial charge is 0.478 e. The number of imidazole rings is 2. The Balaban J connectivity index is 0.810. The number of carbonyl (C=O) groups is 4. The average molecular weight is 1110 g/mol. The topological polar surface area (TPSA) is 431 Å². The van der Waals surface area contributed by atoms with E-state index in [9.17, 15) is 67.8 Å². The number of rotatable bonds is 22. The first kappa shape index (κ1) is 54.7. The molecule has 1 aliphatic carbocycles. The van der Waals surface area contributed by atoms with Gasteiger partial charge in [0.15, 0.2) is 22.7 Å². The Morgan fingerprint density at radius 1 is 1.06 bits per heavy atom. The molecule has 35 heteroatoms. The highest BCUT2D eigenvalue weighted by Gasteiger charge is 2.50. The Labute approximate surface area is 413 Å². The predicted octanol–water partition coefficient (Wildman–Crippen LogP) is 0.760. The molecule has 1 saturated heterocycles. The van der Waals surface area contributed by atoms with Gasteiger partial charge in [-0.25, -0.2) is 38.4 Å². The summed E-state index contributed by atoms with van der Waals surface area (Å²) in [4.78, 5) is 113. The first-order valence-corrected chi connectivity index (χ1v) is 28.4. The van der Waals surface area contributed by atoms with E-state index in [1.807, 2.05) is 10.6 Å². The lowest BCUT2D eigenvalue weighted by Gasteiger charge is -2.30. The van der Waals surface area contributed by atoms with Crippen LogP contribution >= 0.6 is 58.3 Å². The van der Waals surface area contributed by atoms with Crippen molar-refractivity contribution < 1.29 is 90.4 Å². The van der Waals surface area contributed by atoms with Gasteiger partial charge in [-0.05, 0) is 19.3 Å². The van der Waals surface area contributed by atoms with Crippen LogP contribution in [0.2, 0.25) is 0 Å². The maximum Gasteiger partial charge on any atom is 0.481 e.